The number of hydrogen-bond donors (Lipinski definition) is 0. The van der Waals surface area contributed by atoms with Crippen LogP contribution in [0.1, 0.15) is 13.3 Å². The van der Waals surface area contributed by atoms with Crippen molar-refractivity contribution in [3.05, 3.63) is 21.3 Å². The number of amides is 1. The van der Waals surface area contributed by atoms with Crippen LogP contribution >= 0.6 is 43.6 Å². The monoisotopic (exact) mass is 392 g/mol. The van der Waals surface area contributed by atoms with Gasteiger partial charge in [-0.1, -0.05) is 11.8 Å². The second-order valence-corrected chi connectivity index (χ2v) is 6.99. The van der Waals surface area contributed by atoms with Crippen molar-refractivity contribution in [3.63, 3.8) is 0 Å². The number of nitrogens with zero attached hydrogens (tertiary/aromatic N) is 2. The first-order valence-electron chi connectivity index (χ1n) is 5.26. The third-order valence-corrected chi connectivity index (χ3v) is 5.27. The molecule has 0 bridgehead atoms. The second-order valence-electron chi connectivity index (χ2n) is 3.91. The highest BCUT2D eigenvalue weighted by molar-refractivity contribution is 9.13. The number of anilines is 1. The van der Waals surface area contributed by atoms with Gasteiger partial charge in [-0.25, -0.2) is 4.98 Å². The molecule has 4 nitrogen and oxygen atoms in total. The first-order valence-corrected chi connectivity index (χ1v) is 7.72. The van der Waals surface area contributed by atoms with E-state index in [-0.39, 0.29) is 16.3 Å². The molecule has 0 aliphatic carbocycles. The summed E-state index contributed by atoms with van der Waals surface area (Å²) in [6.45, 7) is 2.08. The molecule has 1 aromatic rings. The zero-order valence-corrected chi connectivity index (χ0v) is 13.5. The van der Waals surface area contributed by atoms with Gasteiger partial charge in [0.1, 0.15) is 4.60 Å². The molecule has 7 heteroatoms. The van der Waals surface area contributed by atoms with Crippen LogP contribution in [-0.4, -0.2) is 27.8 Å². The molecule has 0 saturated carbocycles. The minimum Gasteiger partial charge on any atom is -0.310 e. The molecule has 1 aliphatic rings. The lowest BCUT2D eigenvalue weighted by Gasteiger charge is -2.16. The molecule has 2 rings (SSSR count). The molecule has 0 radical (unpaired) electrons. The molecule has 1 amide bonds. The Morgan fingerprint density at radius 2 is 2.28 bits per heavy atom. The molecule has 18 heavy (non-hydrogen) atoms. The Morgan fingerprint density at radius 1 is 1.56 bits per heavy atom. The summed E-state index contributed by atoms with van der Waals surface area (Å²) < 4.78 is 1.50. The van der Waals surface area contributed by atoms with E-state index in [4.69, 9.17) is 0 Å². The van der Waals surface area contributed by atoms with Crippen molar-refractivity contribution in [2.45, 2.75) is 18.6 Å². The normalized spacial score (nSPS) is 19.4. The number of halogens is 2. The van der Waals surface area contributed by atoms with Crippen LogP contribution in [0.2, 0.25) is 0 Å². The lowest BCUT2D eigenvalue weighted by atomic mass is 10.4. The van der Waals surface area contributed by atoms with Crippen LogP contribution in [0, 0.1) is 0 Å². The molecular formula is C11H10Br2N2O2S. The smallest absolute Gasteiger partial charge is 0.228 e. The average molecular weight is 394 g/mol. The minimum atomic E-state index is 0.0322. The molecule has 1 unspecified atom stereocenters. The fraction of sp³-hybridized carbons (Fsp3) is 0.364. The van der Waals surface area contributed by atoms with Gasteiger partial charge in [0.15, 0.2) is 5.12 Å². The van der Waals surface area contributed by atoms with Crippen LogP contribution < -0.4 is 4.90 Å². The number of thioether (sulfide) groups is 1. The average Bonchev–Trinajstić information content (AvgIpc) is 2.62. The fourth-order valence-corrected chi connectivity index (χ4v) is 3.27. The van der Waals surface area contributed by atoms with E-state index in [1.54, 1.807) is 11.1 Å². The molecule has 1 aromatic heterocycles. The lowest BCUT2D eigenvalue weighted by molar-refractivity contribution is -0.117. The Bertz CT molecular complexity index is 510. The Balaban J connectivity index is 2.16. The van der Waals surface area contributed by atoms with Crippen molar-refractivity contribution in [3.8, 4) is 0 Å². The van der Waals surface area contributed by atoms with Crippen molar-refractivity contribution in [1.82, 2.24) is 4.98 Å². The van der Waals surface area contributed by atoms with E-state index < -0.39 is 0 Å². The summed E-state index contributed by atoms with van der Waals surface area (Å²) in [6, 6.07) is 1.84. The SMILES string of the molecule is CC(=O)SC1CC(=O)N(c2cnc(Br)c(Br)c2)C1. The standard InChI is InChI=1S/C11H10Br2N2O2S/c1-6(16)18-8-3-10(17)15(5-8)7-2-9(12)11(13)14-4-7/h2,4,8H,3,5H2,1H3. The van der Waals surface area contributed by atoms with Gasteiger partial charge in [0.05, 0.1) is 16.4 Å². The topological polar surface area (TPSA) is 50.3 Å². The minimum absolute atomic E-state index is 0.0322. The Labute approximate surface area is 126 Å². The number of pyridine rings is 1. The van der Waals surface area contributed by atoms with E-state index in [1.165, 1.54) is 18.7 Å². The summed E-state index contributed by atoms with van der Waals surface area (Å²) in [5.74, 6) is 0.0322. The quantitative estimate of drug-likeness (QED) is 0.724. The van der Waals surface area contributed by atoms with Crippen molar-refractivity contribution in [1.29, 1.82) is 0 Å². The number of aromatic nitrogens is 1. The highest BCUT2D eigenvalue weighted by Crippen LogP contribution is 2.31. The maximum absolute atomic E-state index is 11.9. The number of carbonyl (C=O) groups is 2. The molecule has 1 atom stereocenters. The molecule has 96 valence electrons. The van der Waals surface area contributed by atoms with Gasteiger partial charge < -0.3 is 4.90 Å². The van der Waals surface area contributed by atoms with Crippen LogP contribution in [0.25, 0.3) is 0 Å². The van der Waals surface area contributed by atoms with Gasteiger partial charge in [-0.15, -0.1) is 0 Å². The first-order chi connectivity index (χ1) is 8.47. The Morgan fingerprint density at radius 3 is 2.89 bits per heavy atom. The number of carbonyl (C=O) groups excluding carboxylic acids is 2. The van der Waals surface area contributed by atoms with Gasteiger partial charge in [0, 0.05) is 25.1 Å². The molecule has 0 spiro atoms. The molecule has 2 heterocycles. The summed E-state index contributed by atoms with van der Waals surface area (Å²) in [5, 5.41) is 0.0854. The summed E-state index contributed by atoms with van der Waals surface area (Å²) in [5.41, 5.74) is 0.752. The maximum atomic E-state index is 11.9. The van der Waals surface area contributed by atoms with Crippen molar-refractivity contribution in [2.75, 3.05) is 11.4 Å². The van der Waals surface area contributed by atoms with Crippen LogP contribution in [0.4, 0.5) is 5.69 Å². The summed E-state index contributed by atoms with van der Waals surface area (Å²) in [7, 11) is 0. The molecular weight excluding hydrogens is 384 g/mol. The van der Waals surface area contributed by atoms with Crippen molar-refractivity contribution >= 4 is 60.3 Å². The number of hydrogen-bond acceptors (Lipinski definition) is 4. The van der Waals surface area contributed by atoms with Crippen LogP contribution in [0.15, 0.2) is 21.3 Å². The third kappa shape index (κ3) is 3.13. The Kier molecular flexibility index (Phi) is 4.45. The third-order valence-electron chi connectivity index (χ3n) is 2.52. The first kappa shape index (κ1) is 14.0. The Hall–Kier alpha value is -0.400. The number of rotatable bonds is 2. The van der Waals surface area contributed by atoms with E-state index in [0.717, 1.165) is 10.2 Å². The molecule has 0 N–H and O–H groups in total. The highest BCUT2D eigenvalue weighted by Gasteiger charge is 2.32. The van der Waals surface area contributed by atoms with E-state index in [1.807, 2.05) is 6.07 Å². The molecule has 1 fully saturated rings. The van der Waals surface area contributed by atoms with E-state index >= 15 is 0 Å². The predicted octanol–water partition coefficient (Wildman–Crippen LogP) is 2.99. The van der Waals surface area contributed by atoms with Gasteiger partial charge in [0.25, 0.3) is 0 Å². The largest absolute Gasteiger partial charge is 0.310 e. The van der Waals surface area contributed by atoms with Gasteiger partial charge >= 0.3 is 0 Å². The van der Waals surface area contributed by atoms with E-state index in [0.29, 0.717) is 17.6 Å². The van der Waals surface area contributed by atoms with Gasteiger partial charge in [0.2, 0.25) is 5.91 Å². The van der Waals surface area contributed by atoms with Gasteiger partial charge in [-0.2, -0.15) is 0 Å². The summed E-state index contributed by atoms with van der Waals surface area (Å²) in [6.07, 6.45) is 2.05. The van der Waals surface area contributed by atoms with Crippen molar-refractivity contribution in [2.24, 2.45) is 0 Å². The maximum Gasteiger partial charge on any atom is 0.228 e. The summed E-state index contributed by atoms with van der Waals surface area (Å²) >= 11 is 7.88. The fourth-order valence-electron chi connectivity index (χ4n) is 1.80. The zero-order chi connectivity index (χ0) is 13.3. The predicted molar refractivity (Wildman–Crippen MR) is 78.7 cm³/mol. The highest BCUT2D eigenvalue weighted by atomic mass is 79.9. The zero-order valence-electron chi connectivity index (χ0n) is 9.52. The lowest BCUT2D eigenvalue weighted by Crippen LogP contribution is -2.25. The van der Waals surface area contributed by atoms with Crippen LogP contribution in [0.3, 0.4) is 0 Å². The van der Waals surface area contributed by atoms with Gasteiger partial charge in [-0.3, -0.25) is 9.59 Å². The van der Waals surface area contributed by atoms with Crippen LogP contribution in [-0.2, 0) is 9.59 Å². The van der Waals surface area contributed by atoms with E-state index in [2.05, 4.69) is 36.8 Å². The molecule has 1 saturated heterocycles. The molecule has 1 aliphatic heterocycles. The van der Waals surface area contributed by atoms with Crippen molar-refractivity contribution < 1.29 is 9.59 Å². The van der Waals surface area contributed by atoms with E-state index in [9.17, 15) is 9.59 Å². The molecule has 0 aromatic carbocycles. The second kappa shape index (κ2) is 5.71. The van der Waals surface area contributed by atoms with Crippen LogP contribution in [0.5, 0.6) is 0 Å². The summed E-state index contributed by atoms with van der Waals surface area (Å²) in [4.78, 5) is 28.8. The van der Waals surface area contributed by atoms with Gasteiger partial charge in [-0.05, 0) is 37.9 Å².